The fourth-order valence-electron chi connectivity index (χ4n) is 3.97. The number of likely N-dealkylation sites (tertiary alicyclic amines) is 1. The molecule has 0 bridgehead atoms. The molecule has 0 saturated carbocycles. The van der Waals surface area contributed by atoms with E-state index in [1.165, 1.54) is 23.2 Å². The van der Waals surface area contributed by atoms with Gasteiger partial charge in [-0.05, 0) is 77.3 Å². The molecule has 176 valence electrons. The minimum absolute atomic E-state index is 0.137. The van der Waals surface area contributed by atoms with Gasteiger partial charge in [0, 0.05) is 25.4 Å². The number of nitrogens with one attached hydrogen (secondary N) is 1. The van der Waals surface area contributed by atoms with Gasteiger partial charge in [0.2, 0.25) is 0 Å². The second-order valence-electron chi connectivity index (χ2n) is 9.31. The van der Waals surface area contributed by atoms with Crippen molar-refractivity contribution in [2.24, 2.45) is 0 Å². The van der Waals surface area contributed by atoms with Crippen LogP contribution in [0.3, 0.4) is 0 Å². The number of hydrogen-bond donors (Lipinski definition) is 1. The maximum absolute atomic E-state index is 12.1. The number of ether oxygens (including phenoxy) is 2. The molecule has 1 amide bonds. The average molecular weight is 434 g/mol. The van der Waals surface area contributed by atoms with E-state index >= 15 is 0 Å². The molecular weight excluding hydrogens is 390 g/mol. The number of fused-ring (bicyclic) bond motifs is 1. The zero-order valence-electron chi connectivity index (χ0n) is 20.6. The summed E-state index contributed by atoms with van der Waals surface area (Å²) in [5.41, 5.74) is 3.46. The molecule has 0 aromatic carbocycles. The Kier molecular flexibility index (Phi) is 10.1. The highest BCUT2D eigenvalue weighted by Gasteiger charge is 2.30. The Balaban J connectivity index is 0.00000166. The fraction of sp³-hybridized carbons (Fsp3) is 0.760. The van der Waals surface area contributed by atoms with E-state index < -0.39 is 5.60 Å². The fourth-order valence-corrected chi connectivity index (χ4v) is 3.97. The molecule has 1 N–H and O–H groups in total. The smallest absolute Gasteiger partial charge is 0.410 e. The summed E-state index contributed by atoms with van der Waals surface area (Å²) in [6, 6.07) is 2.31. The Labute approximate surface area is 189 Å². The van der Waals surface area contributed by atoms with Crippen LogP contribution in [-0.4, -0.2) is 53.9 Å². The largest absolute Gasteiger partial charge is 0.444 e. The van der Waals surface area contributed by atoms with Crippen molar-refractivity contribution in [3.63, 3.8) is 0 Å². The summed E-state index contributed by atoms with van der Waals surface area (Å²) in [5.74, 6) is 1.09. The maximum Gasteiger partial charge on any atom is 0.410 e. The molecule has 0 radical (unpaired) electrons. The molecule has 3 heterocycles. The predicted octanol–water partition coefficient (Wildman–Crippen LogP) is 5.51. The van der Waals surface area contributed by atoms with E-state index in [4.69, 9.17) is 14.5 Å². The molecule has 3 rings (SSSR count). The van der Waals surface area contributed by atoms with Gasteiger partial charge < -0.3 is 19.7 Å². The van der Waals surface area contributed by atoms with Gasteiger partial charge in [0.15, 0.2) is 0 Å². The summed E-state index contributed by atoms with van der Waals surface area (Å²) in [6.45, 7) is 15.0. The van der Waals surface area contributed by atoms with Crippen molar-refractivity contribution in [2.45, 2.75) is 98.2 Å². The Morgan fingerprint density at radius 1 is 1.26 bits per heavy atom. The lowest BCUT2D eigenvalue weighted by Crippen LogP contribution is -2.36. The highest BCUT2D eigenvalue weighted by Crippen LogP contribution is 2.23. The SMILES string of the molecule is CC.Cc1cc2c(nc1CCCCCOC1CCN(C(=O)OC(C)(C)C)C1)NCCC2. The lowest BCUT2D eigenvalue weighted by molar-refractivity contribution is 0.0206. The summed E-state index contributed by atoms with van der Waals surface area (Å²) in [4.78, 5) is 18.7. The van der Waals surface area contributed by atoms with E-state index in [2.05, 4.69) is 18.3 Å². The van der Waals surface area contributed by atoms with Crippen LogP contribution in [0.1, 0.15) is 83.5 Å². The van der Waals surface area contributed by atoms with E-state index in [1.54, 1.807) is 4.90 Å². The van der Waals surface area contributed by atoms with Crippen molar-refractivity contribution in [1.82, 2.24) is 9.88 Å². The molecular formula is C25H43N3O3. The van der Waals surface area contributed by atoms with Gasteiger partial charge >= 0.3 is 6.09 Å². The highest BCUT2D eigenvalue weighted by atomic mass is 16.6. The number of carbonyl (C=O) groups is 1. The monoisotopic (exact) mass is 433 g/mol. The lowest BCUT2D eigenvalue weighted by Gasteiger charge is -2.24. The minimum atomic E-state index is -0.447. The van der Waals surface area contributed by atoms with Crippen molar-refractivity contribution >= 4 is 11.9 Å². The van der Waals surface area contributed by atoms with Gasteiger partial charge in [0.05, 0.1) is 12.6 Å². The zero-order chi connectivity index (χ0) is 22.9. The zero-order valence-corrected chi connectivity index (χ0v) is 20.6. The number of anilines is 1. The first kappa shape index (κ1) is 25.4. The molecule has 1 fully saturated rings. The number of rotatable bonds is 7. The molecule has 1 unspecified atom stereocenters. The Morgan fingerprint density at radius 2 is 2.03 bits per heavy atom. The molecule has 6 nitrogen and oxygen atoms in total. The summed E-state index contributed by atoms with van der Waals surface area (Å²) >= 11 is 0. The third-order valence-electron chi connectivity index (χ3n) is 5.52. The van der Waals surface area contributed by atoms with Gasteiger partial charge in [-0.1, -0.05) is 26.3 Å². The number of carbonyl (C=O) groups excluding carboxylic acids is 1. The first-order chi connectivity index (χ1) is 14.8. The summed E-state index contributed by atoms with van der Waals surface area (Å²) in [7, 11) is 0. The van der Waals surface area contributed by atoms with Crippen LogP contribution in [0, 0.1) is 6.92 Å². The van der Waals surface area contributed by atoms with Crippen LogP contribution >= 0.6 is 0 Å². The van der Waals surface area contributed by atoms with Gasteiger partial charge in [-0.3, -0.25) is 0 Å². The second-order valence-corrected chi connectivity index (χ2v) is 9.31. The van der Waals surface area contributed by atoms with Crippen molar-refractivity contribution in [2.75, 3.05) is 31.6 Å². The van der Waals surface area contributed by atoms with Crippen molar-refractivity contribution in [3.8, 4) is 0 Å². The highest BCUT2D eigenvalue weighted by molar-refractivity contribution is 5.68. The number of aryl methyl sites for hydroxylation is 3. The molecule has 31 heavy (non-hydrogen) atoms. The van der Waals surface area contributed by atoms with E-state index in [9.17, 15) is 4.79 Å². The number of aromatic nitrogens is 1. The Morgan fingerprint density at radius 3 is 2.77 bits per heavy atom. The van der Waals surface area contributed by atoms with Crippen LogP contribution < -0.4 is 5.32 Å². The maximum atomic E-state index is 12.1. The minimum Gasteiger partial charge on any atom is -0.444 e. The Bertz CT molecular complexity index is 700. The van der Waals surface area contributed by atoms with E-state index in [0.717, 1.165) is 64.0 Å². The van der Waals surface area contributed by atoms with E-state index in [1.807, 2.05) is 34.6 Å². The third kappa shape index (κ3) is 8.32. The van der Waals surface area contributed by atoms with Crippen LogP contribution in [-0.2, 0) is 22.3 Å². The van der Waals surface area contributed by atoms with Gasteiger partial charge in [0.1, 0.15) is 11.4 Å². The first-order valence-electron chi connectivity index (χ1n) is 12.1. The quantitative estimate of drug-likeness (QED) is 0.574. The third-order valence-corrected chi connectivity index (χ3v) is 5.52. The van der Waals surface area contributed by atoms with Crippen LogP contribution in [0.25, 0.3) is 0 Å². The number of unbranched alkanes of at least 4 members (excludes halogenated alkanes) is 2. The number of pyridine rings is 1. The van der Waals surface area contributed by atoms with Gasteiger partial charge in [-0.25, -0.2) is 9.78 Å². The molecule has 1 aromatic rings. The molecule has 0 spiro atoms. The molecule has 1 aromatic heterocycles. The molecule has 1 atom stereocenters. The van der Waals surface area contributed by atoms with Gasteiger partial charge in [-0.15, -0.1) is 0 Å². The lowest BCUT2D eigenvalue weighted by atomic mass is 10.0. The first-order valence-corrected chi connectivity index (χ1v) is 12.1. The molecule has 2 aliphatic rings. The summed E-state index contributed by atoms with van der Waals surface area (Å²) in [6.07, 6.45) is 7.47. The van der Waals surface area contributed by atoms with Crippen molar-refractivity contribution < 1.29 is 14.3 Å². The van der Waals surface area contributed by atoms with Crippen LogP contribution in [0.2, 0.25) is 0 Å². The molecule has 2 aliphatic heterocycles. The van der Waals surface area contributed by atoms with E-state index in [0.29, 0.717) is 6.54 Å². The molecule has 6 heteroatoms. The number of amides is 1. The normalized spacial score (nSPS) is 18.0. The predicted molar refractivity (Wildman–Crippen MR) is 127 cm³/mol. The number of hydrogen-bond acceptors (Lipinski definition) is 5. The summed E-state index contributed by atoms with van der Waals surface area (Å²) in [5, 5.41) is 3.43. The molecule has 1 saturated heterocycles. The van der Waals surface area contributed by atoms with Crippen LogP contribution in [0.15, 0.2) is 6.07 Å². The van der Waals surface area contributed by atoms with Crippen molar-refractivity contribution in [1.29, 1.82) is 0 Å². The topological polar surface area (TPSA) is 63.7 Å². The standard InChI is InChI=1S/C23H37N3O3.C2H6/c1-17-15-18-9-8-12-24-21(18)25-20(17)10-6-5-7-14-28-19-11-13-26(16-19)22(27)29-23(2,3)4;1-2/h15,19H,5-14,16H2,1-4H3,(H,24,25);1-2H3. The van der Waals surface area contributed by atoms with Crippen LogP contribution in [0.4, 0.5) is 10.6 Å². The van der Waals surface area contributed by atoms with Crippen LogP contribution in [0.5, 0.6) is 0 Å². The second kappa shape index (κ2) is 12.3. The van der Waals surface area contributed by atoms with E-state index in [-0.39, 0.29) is 12.2 Å². The van der Waals surface area contributed by atoms with Gasteiger partial charge in [-0.2, -0.15) is 0 Å². The Hall–Kier alpha value is -1.82. The molecule has 0 aliphatic carbocycles. The number of nitrogens with zero attached hydrogens (tertiary/aromatic N) is 2. The average Bonchev–Trinajstić information content (AvgIpc) is 3.20. The van der Waals surface area contributed by atoms with Crippen molar-refractivity contribution in [3.05, 3.63) is 22.9 Å². The van der Waals surface area contributed by atoms with Gasteiger partial charge in [0.25, 0.3) is 0 Å². The summed E-state index contributed by atoms with van der Waals surface area (Å²) < 4.78 is 11.4.